The molecule has 1 amide bonds. The summed E-state index contributed by atoms with van der Waals surface area (Å²) in [4.78, 5) is 22.2. The lowest BCUT2D eigenvalue weighted by atomic mass is 10.2. The maximum absolute atomic E-state index is 12.1. The molecular formula is C16H15ClN2O4. The number of nitrogens with one attached hydrogen (secondary N) is 1. The molecule has 23 heavy (non-hydrogen) atoms. The highest BCUT2D eigenvalue weighted by Crippen LogP contribution is 2.23. The average molecular weight is 335 g/mol. The lowest BCUT2D eigenvalue weighted by Gasteiger charge is -2.16. The van der Waals surface area contributed by atoms with Crippen LogP contribution in [0.4, 0.5) is 11.4 Å². The minimum Gasteiger partial charge on any atom is -0.481 e. The van der Waals surface area contributed by atoms with Crippen LogP contribution in [-0.4, -0.2) is 16.9 Å². The fourth-order valence-electron chi connectivity index (χ4n) is 1.90. The molecule has 0 bridgehead atoms. The Morgan fingerprint density at radius 1 is 1.26 bits per heavy atom. The fourth-order valence-corrected chi connectivity index (χ4v) is 2.13. The summed E-state index contributed by atoms with van der Waals surface area (Å²) in [7, 11) is 0. The van der Waals surface area contributed by atoms with Gasteiger partial charge in [-0.15, -0.1) is 0 Å². The Kier molecular flexibility index (Phi) is 5.18. The SMILES string of the molecule is Cc1cc(Cl)ccc1O[C@H](C)C(=O)Nc1ccc([N+](=O)[O-])cc1. The third-order valence-corrected chi connectivity index (χ3v) is 3.39. The van der Waals surface area contributed by atoms with Crippen molar-refractivity contribution in [3.63, 3.8) is 0 Å². The van der Waals surface area contributed by atoms with Crippen LogP contribution in [0.1, 0.15) is 12.5 Å². The number of halogens is 1. The van der Waals surface area contributed by atoms with Gasteiger partial charge in [-0.3, -0.25) is 14.9 Å². The van der Waals surface area contributed by atoms with Crippen LogP contribution < -0.4 is 10.1 Å². The molecule has 0 saturated carbocycles. The van der Waals surface area contributed by atoms with Gasteiger partial charge in [-0.2, -0.15) is 0 Å². The first-order chi connectivity index (χ1) is 10.9. The first-order valence-electron chi connectivity index (χ1n) is 6.85. The zero-order chi connectivity index (χ0) is 17.0. The number of aryl methyl sites for hydroxylation is 1. The number of carbonyl (C=O) groups excluding carboxylic acids is 1. The molecule has 1 N–H and O–H groups in total. The zero-order valence-corrected chi connectivity index (χ0v) is 13.3. The summed E-state index contributed by atoms with van der Waals surface area (Å²) < 4.78 is 5.62. The minimum absolute atomic E-state index is 0.0379. The van der Waals surface area contributed by atoms with Crippen LogP contribution in [0, 0.1) is 17.0 Å². The van der Waals surface area contributed by atoms with Crippen molar-refractivity contribution in [3.8, 4) is 5.75 Å². The smallest absolute Gasteiger partial charge is 0.269 e. The molecule has 0 aliphatic rings. The second-order valence-electron chi connectivity index (χ2n) is 4.96. The molecule has 2 aromatic carbocycles. The van der Waals surface area contributed by atoms with E-state index >= 15 is 0 Å². The Balaban J connectivity index is 2.00. The normalized spacial score (nSPS) is 11.6. The van der Waals surface area contributed by atoms with Gasteiger partial charge in [0.15, 0.2) is 6.10 Å². The first-order valence-corrected chi connectivity index (χ1v) is 7.23. The highest BCUT2D eigenvalue weighted by molar-refractivity contribution is 6.30. The van der Waals surface area contributed by atoms with Gasteiger partial charge in [-0.1, -0.05) is 11.6 Å². The van der Waals surface area contributed by atoms with Crippen LogP contribution in [0.15, 0.2) is 42.5 Å². The topological polar surface area (TPSA) is 81.5 Å². The van der Waals surface area contributed by atoms with E-state index in [1.165, 1.54) is 24.3 Å². The van der Waals surface area contributed by atoms with Gasteiger partial charge in [0.1, 0.15) is 5.75 Å². The molecular weight excluding hydrogens is 320 g/mol. The summed E-state index contributed by atoms with van der Waals surface area (Å²) in [6.45, 7) is 3.46. The molecule has 7 heteroatoms. The van der Waals surface area contributed by atoms with E-state index in [0.717, 1.165) is 5.56 Å². The van der Waals surface area contributed by atoms with Crippen molar-refractivity contribution in [1.29, 1.82) is 0 Å². The number of non-ortho nitro benzene ring substituents is 1. The Morgan fingerprint density at radius 3 is 2.48 bits per heavy atom. The molecule has 0 aliphatic carbocycles. The van der Waals surface area contributed by atoms with Crippen molar-refractivity contribution in [2.45, 2.75) is 20.0 Å². The zero-order valence-electron chi connectivity index (χ0n) is 12.6. The second-order valence-corrected chi connectivity index (χ2v) is 5.40. The second kappa shape index (κ2) is 7.11. The Hall–Kier alpha value is -2.60. The summed E-state index contributed by atoms with van der Waals surface area (Å²) in [6, 6.07) is 10.7. The number of anilines is 1. The molecule has 0 spiro atoms. The lowest BCUT2D eigenvalue weighted by Crippen LogP contribution is -2.30. The predicted molar refractivity (Wildman–Crippen MR) is 88.0 cm³/mol. The summed E-state index contributed by atoms with van der Waals surface area (Å²) in [6.07, 6.45) is -0.731. The number of amides is 1. The molecule has 2 aromatic rings. The van der Waals surface area contributed by atoms with Crippen molar-refractivity contribution in [2.24, 2.45) is 0 Å². The van der Waals surface area contributed by atoms with Crippen molar-refractivity contribution in [3.05, 3.63) is 63.2 Å². The number of nitro benzene ring substituents is 1. The standard InChI is InChI=1S/C16H15ClN2O4/c1-10-9-12(17)3-8-15(10)23-11(2)16(20)18-13-4-6-14(7-5-13)19(21)22/h3-9,11H,1-2H3,(H,18,20)/t11-/m1/s1. The molecule has 120 valence electrons. The number of ether oxygens (including phenoxy) is 1. The van der Waals surface area contributed by atoms with Crippen molar-refractivity contribution in [2.75, 3.05) is 5.32 Å². The van der Waals surface area contributed by atoms with E-state index in [9.17, 15) is 14.9 Å². The van der Waals surface area contributed by atoms with Gasteiger partial charge in [0.05, 0.1) is 4.92 Å². The molecule has 0 saturated heterocycles. The molecule has 0 fully saturated rings. The molecule has 0 aromatic heterocycles. The average Bonchev–Trinajstić information content (AvgIpc) is 2.50. The Labute approximate surface area is 138 Å². The van der Waals surface area contributed by atoms with Crippen LogP contribution in [0.25, 0.3) is 0 Å². The first kappa shape index (κ1) is 16.8. The molecule has 0 radical (unpaired) electrons. The van der Waals surface area contributed by atoms with Gasteiger partial charge >= 0.3 is 0 Å². The van der Waals surface area contributed by atoms with Crippen molar-refractivity contribution >= 4 is 28.9 Å². The molecule has 2 rings (SSSR count). The van der Waals surface area contributed by atoms with Crippen LogP contribution in [0.2, 0.25) is 5.02 Å². The van der Waals surface area contributed by atoms with Gasteiger partial charge in [0, 0.05) is 22.8 Å². The van der Waals surface area contributed by atoms with E-state index in [-0.39, 0.29) is 11.6 Å². The highest BCUT2D eigenvalue weighted by atomic mass is 35.5. The quantitative estimate of drug-likeness (QED) is 0.662. The van der Waals surface area contributed by atoms with Gasteiger partial charge in [0.25, 0.3) is 11.6 Å². The van der Waals surface area contributed by atoms with Crippen LogP contribution in [0.5, 0.6) is 5.75 Å². The monoisotopic (exact) mass is 334 g/mol. The summed E-state index contributed by atoms with van der Waals surface area (Å²) in [5.74, 6) is 0.217. The Bertz CT molecular complexity index is 731. The molecule has 6 nitrogen and oxygen atoms in total. The van der Waals surface area contributed by atoms with E-state index in [1.54, 1.807) is 25.1 Å². The maximum Gasteiger partial charge on any atom is 0.269 e. The summed E-state index contributed by atoms with van der Waals surface area (Å²) in [5, 5.41) is 13.8. The number of carbonyl (C=O) groups is 1. The van der Waals surface area contributed by atoms with Crippen LogP contribution >= 0.6 is 11.6 Å². The van der Waals surface area contributed by atoms with Gasteiger partial charge in [-0.25, -0.2) is 0 Å². The predicted octanol–water partition coefficient (Wildman–Crippen LogP) is 3.96. The Morgan fingerprint density at radius 2 is 1.91 bits per heavy atom. The largest absolute Gasteiger partial charge is 0.481 e. The van der Waals surface area contributed by atoms with E-state index in [4.69, 9.17) is 16.3 Å². The molecule has 1 atom stereocenters. The summed E-state index contributed by atoms with van der Waals surface area (Å²) >= 11 is 5.88. The number of hydrogen-bond donors (Lipinski definition) is 1. The van der Waals surface area contributed by atoms with Crippen LogP contribution in [0.3, 0.4) is 0 Å². The number of hydrogen-bond acceptors (Lipinski definition) is 4. The van der Waals surface area contributed by atoms with E-state index in [1.807, 2.05) is 6.92 Å². The number of nitrogens with zero attached hydrogens (tertiary/aromatic N) is 1. The van der Waals surface area contributed by atoms with Gasteiger partial charge in [-0.05, 0) is 49.7 Å². The number of benzene rings is 2. The minimum atomic E-state index is -0.731. The van der Waals surface area contributed by atoms with Gasteiger partial charge < -0.3 is 10.1 Å². The van der Waals surface area contributed by atoms with Crippen molar-refractivity contribution < 1.29 is 14.5 Å². The van der Waals surface area contributed by atoms with Crippen LogP contribution in [-0.2, 0) is 4.79 Å². The van der Waals surface area contributed by atoms with Crippen molar-refractivity contribution in [1.82, 2.24) is 0 Å². The lowest BCUT2D eigenvalue weighted by molar-refractivity contribution is -0.384. The number of rotatable bonds is 5. The van der Waals surface area contributed by atoms with E-state index < -0.39 is 11.0 Å². The van der Waals surface area contributed by atoms with E-state index in [0.29, 0.717) is 16.5 Å². The molecule has 0 unspecified atom stereocenters. The maximum atomic E-state index is 12.1. The fraction of sp³-hybridized carbons (Fsp3) is 0.188. The molecule has 0 heterocycles. The summed E-state index contributed by atoms with van der Waals surface area (Å²) in [5.41, 5.74) is 1.25. The highest BCUT2D eigenvalue weighted by Gasteiger charge is 2.16. The third-order valence-electron chi connectivity index (χ3n) is 3.16. The molecule has 0 aliphatic heterocycles. The van der Waals surface area contributed by atoms with E-state index in [2.05, 4.69) is 5.32 Å². The third kappa shape index (κ3) is 4.43. The number of nitro groups is 1. The van der Waals surface area contributed by atoms with Gasteiger partial charge in [0.2, 0.25) is 0 Å².